The van der Waals surface area contributed by atoms with E-state index < -0.39 is 0 Å². The molecule has 0 atom stereocenters. The number of ether oxygens (including phenoxy) is 1. The molecule has 0 radical (unpaired) electrons. The highest BCUT2D eigenvalue weighted by Crippen LogP contribution is 1.99. The minimum absolute atomic E-state index is 0.291. The third-order valence-electron chi connectivity index (χ3n) is 1.10. The van der Waals surface area contributed by atoms with Crippen molar-refractivity contribution >= 4 is 5.97 Å². The van der Waals surface area contributed by atoms with Gasteiger partial charge in [0.05, 0.1) is 12.7 Å². The highest BCUT2D eigenvalue weighted by Gasteiger charge is 2.03. The molecule has 0 amide bonds. The number of hydrogen-bond acceptors (Lipinski definition) is 2. The van der Waals surface area contributed by atoms with Crippen molar-refractivity contribution in [3.05, 3.63) is 17.4 Å². The van der Waals surface area contributed by atoms with Crippen molar-refractivity contribution < 1.29 is 9.53 Å². The molecule has 0 heterocycles. The van der Waals surface area contributed by atoms with Gasteiger partial charge in [-0.15, -0.1) is 5.73 Å². The maximum absolute atomic E-state index is 10.8. The van der Waals surface area contributed by atoms with Gasteiger partial charge in [0.25, 0.3) is 0 Å². The van der Waals surface area contributed by atoms with Gasteiger partial charge in [0, 0.05) is 0 Å². The summed E-state index contributed by atoms with van der Waals surface area (Å²) in [5.74, 6) is -0.291. The summed E-state index contributed by atoms with van der Waals surface area (Å²) in [6.45, 7) is 3.71. The molecule has 0 aliphatic rings. The average molecular weight is 140 g/mol. The Bertz CT molecular complexity index is 174. The highest BCUT2D eigenvalue weighted by molar-refractivity contribution is 5.87. The summed E-state index contributed by atoms with van der Waals surface area (Å²) in [6.07, 6.45) is 2.37. The lowest BCUT2D eigenvalue weighted by atomic mass is 10.2. The van der Waals surface area contributed by atoms with Crippen LogP contribution in [0.5, 0.6) is 0 Å². The molecule has 0 aromatic carbocycles. The van der Waals surface area contributed by atoms with Crippen molar-refractivity contribution in [2.45, 2.75) is 20.3 Å². The van der Waals surface area contributed by atoms with Crippen LogP contribution < -0.4 is 0 Å². The maximum atomic E-state index is 10.8. The van der Waals surface area contributed by atoms with Gasteiger partial charge in [-0.05, 0) is 19.4 Å². The maximum Gasteiger partial charge on any atom is 0.341 e. The molecule has 0 aromatic rings. The van der Waals surface area contributed by atoms with E-state index in [2.05, 4.69) is 10.5 Å². The van der Waals surface area contributed by atoms with Gasteiger partial charge in [-0.3, -0.25) is 0 Å². The van der Waals surface area contributed by atoms with Crippen LogP contribution in [0.2, 0.25) is 0 Å². The van der Waals surface area contributed by atoms with E-state index in [1.807, 2.05) is 13.8 Å². The summed E-state index contributed by atoms with van der Waals surface area (Å²) >= 11 is 0. The Labute approximate surface area is 61.2 Å². The van der Waals surface area contributed by atoms with Crippen LogP contribution >= 0.6 is 0 Å². The fraction of sp³-hybridized carbons (Fsp3) is 0.500. The SMILES string of the molecule is CC=C=C(CC)C(=O)OC. The Kier molecular flexibility index (Phi) is 4.34. The van der Waals surface area contributed by atoms with Crippen LogP contribution in [0.25, 0.3) is 0 Å². The minimum Gasteiger partial charge on any atom is -0.465 e. The third kappa shape index (κ3) is 2.51. The normalized spacial score (nSPS) is 7.90. The molecular weight excluding hydrogens is 128 g/mol. The van der Waals surface area contributed by atoms with E-state index in [-0.39, 0.29) is 5.97 Å². The van der Waals surface area contributed by atoms with Gasteiger partial charge in [0.15, 0.2) is 0 Å². The number of methoxy groups -OCH3 is 1. The predicted molar refractivity (Wildman–Crippen MR) is 39.6 cm³/mol. The molecule has 0 fully saturated rings. The average Bonchev–Trinajstić information content (AvgIpc) is 1.99. The first-order valence-electron chi connectivity index (χ1n) is 3.24. The molecule has 2 heteroatoms. The monoisotopic (exact) mass is 140 g/mol. The molecule has 10 heavy (non-hydrogen) atoms. The molecule has 0 aromatic heterocycles. The minimum atomic E-state index is -0.291. The van der Waals surface area contributed by atoms with Crippen molar-refractivity contribution in [2.75, 3.05) is 7.11 Å². The van der Waals surface area contributed by atoms with Gasteiger partial charge < -0.3 is 4.74 Å². The molecule has 2 nitrogen and oxygen atoms in total. The molecule has 0 saturated heterocycles. The largest absolute Gasteiger partial charge is 0.465 e. The Morgan fingerprint density at radius 3 is 2.60 bits per heavy atom. The van der Waals surface area contributed by atoms with Gasteiger partial charge in [-0.1, -0.05) is 6.92 Å². The van der Waals surface area contributed by atoms with Crippen LogP contribution in [-0.4, -0.2) is 13.1 Å². The summed E-state index contributed by atoms with van der Waals surface area (Å²) in [5, 5.41) is 0. The fourth-order valence-electron chi connectivity index (χ4n) is 0.603. The van der Waals surface area contributed by atoms with Crippen molar-refractivity contribution in [1.29, 1.82) is 0 Å². The second-order valence-corrected chi connectivity index (χ2v) is 1.76. The molecule has 0 saturated carbocycles. The van der Waals surface area contributed by atoms with Crippen LogP contribution in [0.1, 0.15) is 20.3 Å². The molecule has 0 aliphatic heterocycles. The van der Waals surface area contributed by atoms with Crippen molar-refractivity contribution in [1.82, 2.24) is 0 Å². The second-order valence-electron chi connectivity index (χ2n) is 1.76. The first-order valence-corrected chi connectivity index (χ1v) is 3.24. The summed E-state index contributed by atoms with van der Waals surface area (Å²) in [5.41, 5.74) is 3.39. The zero-order valence-electron chi connectivity index (χ0n) is 6.60. The lowest BCUT2D eigenvalue weighted by Gasteiger charge is -1.96. The standard InChI is InChI=1S/C8H12O2/c1-4-6-7(5-2)8(9)10-3/h4H,5H2,1-3H3. The molecule has 0 spiro atoms. The van der Waals surface area contributed by atoms with E-state index in [4.69, 9.17) is 0 Å². The van der Waals surface area contributed by atoms with Gasteiger partial charge in [-0.25, -0.2) is 4.79 Å². The summed E-state index contributed by atoms with van der Waals surface area (Å²) in [4.78, 5) is 10.8. The van der Waals surface area contributed by atoms with Crippen LogP contribution in [0.15, 0.2) is 17.4 Å². The molecule has 0 bridgehead atoms. The van der Waals surface area contributed by atoms with Crippen LogP contribution in [0.4, 0.5) is 0 Å². The van der Waals surface area contributed by atoms with Crippen LogP contribution in [0, 0.1) is 0 Å². The topological polar surface area (TPSA) is 26.3 Å². The van der Waals surface area contributed by atoms with Crippen LogP contribution in [-0.2, 0) is 9.53 Å². The van der Waals surface area contributed by atoms with E-state index in [1.165, 1.54) is 7.11 Å². The molecular formula is C8H12O2. The lowest BCUT2D eigenvalue weighted by molar-refractivity contribution is -0.136. The van der Waals surface area contributed by atoms with Crippen molar-refractivity contribution in [2.24, 2.45) is 0 Å². The number of carbonyl (C=O) groups is 1. The smallest absolute Gasteiger partial charge is 0.341 e. The Hall–Kier alpha value is -1.01. The summed E-state index contributed by atoms with van der Waals surface area (Å²) in [7, 11) is 1.37. The highest BCUT2D eigenvalue weighted by atomic mass is 16.5. The lowest BCUT2D eigenvalue weighted by Crippen LogP contribution is -2.02. The Morgan fingerprint density at radius 1 is 1.70 bits per heavy atom. The third-order valence-corrected chi connectivity index (χ3v) is 1.10. The van der Waals surface area contributed by atoms with Gasteiger partial charge >= 0.3 is 5.97 Å². The number of carbonyl (C=O) groups excluding carboxylic acids is 1. The zero-order chi connectivity index (χ0) is 7.98. The van der Waals surface area contributed by atoms with Gasteiger partial charge in [0.1, 0.15) is 0 Å². The van der Waals surface area contributed by atoms with E-state index >= 15 is 0 Å². The van der Waals surface area contributed by atoms with E-state index in [9.17, 15) is 4.79 Å². The Balaban J connectivity index is 4.37. The number of hydrogen-bond donors (Lipinski definition) is 0. The zero-order valence-corrected chi connectivity index (χ0v) is 6.60. The van der Waals surface area contributed by atoms with Crippen LogP contribution in [0.3, 0.4) is 0 Å². The number of esters is 1. The van der Waals surface area contributed by atoms with Crippen molar-refractivity contribution in [3.8, 4) is 0 Å². The molecule has 0 N–H and O–H groups in total. The fourth-order valence-corrected chi connectivity index (χ4v) is 0.603. The predicted octanol–water partition coefficient (Wildman–Crippen LogP) is 1.67. The molecule has 0 aliphatic carbocycles. The first-order chi connectivity index (χ1) is 4.76. The molecule has 56 valence electrons. The van der Waals surface area contributed by atoms with Crippen molar-refractivity contribution in [3.63, 3.8) is 0 Å². The van der Waals surface area contributed by atoms with Gasteiger partial charge in [0.2, 0.25) is 0 Å². The quantitative estimate of drug-likeness (QED) is 0.331. The second kappa shape index (κ2) is 4.83. The molecule has 0 rings (SSSR count). The van der Waals surface area contributed by atoms with E-state index in [0.717, 1.165) is 0 Å². The summed E-state index contributed by atoms with van der Waals surface area (Å²) in [6, 6.07) is 0. The first kappa shape index (κ1) is 8.99. The molecule has 0 unspecified atom stereocenters. The number of rotatable bonds is 2. The van der Waals surface area contributed by atoms with Gasteiger partial charge in [-0.2, -0.15) is 0 Å². The van der Waals surface area contributed by atoms with E-state index in [0.29, 0.717) is 12.0 Å². The summed E-state index contributed by atoms with van der Waals surface area (Å²) < 4.78 is 4.50. The Morgan fingerprint density at radius 2 is 2.30 bits per heavy atom. The van der Waals surface area contributed by atoms with E-state index in [1.54, 1.807) is 6.08 Å².